The Morgan fingerprint density at radius 2 is 1.67 bits per heavy atom. The molecule has 0 aliphatic heterocycles. The second-order valence-corrected chi connectivity index (χ2v) is 6.87. The maximum Gasteiger partial charge on any atom is 0.258 e. The van der Waals surface area contributed by atoms with E-state index in [1.165, 1.54) is 0 Å². The average molecular weight is 423 g/mol. The van der Waals surface area contributed by atoms with Crippen molar-refractivity contribution in [3.63, 3.8) is 0 Å². The molecule has 4 aromatic rings. The Kier molecular flexibility index (Phi) is 5.86. The molecule has 0 atom stereocenters. The predicted molar refractivity (Wildman–Crippen MR) is 114 cm³/mol. The van der Waals surface area contributed by atoms with Gasteiger partial charge in [0.15, 0.2) is 11.5 Å². The van der Waals surface area contributed by atoms with Crippen molar-refractivity contribution in [1.29, 1.82) is 0 Å². The van der Waals surface area contributed by atoms with Crippen LogP contribution < -0.4 is 14.2 Å². The van der Waals surface area contributed by atoms with Crippen LogP contribution in [0.15, 0.2) is 71.3 Å². The van der Waals surface area contributed by atoms with Crippen LogP contribution in [-0.4, -0.2) is 24.4 Å². The molecule has 0 aliphatic carbocycles. The highest BCUT2D eigenvalue weighted by Crippen LogP contribution is 2.33. The highest BCUT2D eigenvalue weighted by molar-refractivity contribution is 6.30. The van der Waals surface area contributed by atoms with Crippen molar-refractivity contribution >= 4 is 11.6 Å². The molecule has 30 heavy (non-hydrogen) atoms. The number of benzene rings is 3. The number of rotatable bonds is 7. The summed E-state index contributed by atoms with van der Waals surface area (Å²) in [4.78, 5) is 4.47. The van der Waals surface area contributed by atoms with Crippen LogP contribution in [-0.2, 0) is 6.61 Å². The topological polar surface area (TPSA) is 66.6 Å². The van der Waals surface area contributed by atoms with Crippen LogP contribution in [0, 0.1) is 0 Å². The number of methoxy groups -OCH3 is 2. The maximum absolute atomic E-state index is 5.93. The molecule has 7 heteroatoms. The summed E-state index contributed by atoms with van der Waals surface area (Å²) in [5.41, 5.74) is 2.54. The first kappa shape index (κ1) is 19.8. The monoisotopic (exact) mass is 422 g/mol. The number of hydrogen-bond donors (Lipinski definition) is 0. The molecule has 3 aromatic carbocycles. The number of halogens is 1. The standard InChI is InChI=1S/C23H19ClN2O4/c1-27-19-5-3-4-15(12-19)14-29-20-11-8-17(13-21(20)28-2)22-25-23(30-26-22)16-6-9-18(24)10-7-16/h3-13H,14H2,1-2H3. The van der Waals surface area contributed by atoms with Crippen molar-refractivity contribution in [1.82, 2.24) is 10.1 Å². The van der Waals surface area contributed by atoms with Gasteiger partial charge in [-0.25, -0.2) is 0 Å². The summed E-state index contributed by atoms with van der Waals surface area (Å²) >= 11 is 5.93. The smallest absolute Gasteiger partial charge is 0.258 e. The molecule has 1 heterocycles. The zero-order valence-corrected chi connectivity index (χ0v) is 17.2. The van der Waals surface area contributed by atoms with Gasteiger partial charge >= 0.3 is 0 Å². The largest absolute Gasteiger partial charge is 0.497 e. The SMILES string of the molecule is COc1cccc(COc2ccc(-c3noc(-c4ccc(Cl)cc4)n3)cc2OC)c1. The van der Waals surface area contributed by atoms with Gasteiger partial charge in [-0.1, -0.05) is 28.9 Å². The molecule has 0 saturated heterocycles. The van der Waals surface area contributed by atoms with Crippen molar-refractivity contribution in [2.75, 3.05) is 14.2 Å². The normalized spacial score (nSPS) is 10.6. The summed E-state index contributed by atoms with van der Waals surface area (Å²) in [7, 11) is 3.23. The van der Waals surface area contributed by atoms with E-state index in [4.69, 9.17) is 30.3 Å². The van der Waals surface area contributed by atoms with Gasteiger partial charge in [-0.3, -0.25) is 0 Å². The summed E-state index contributed by atoms with van der Waals surface area (Å²) in [6.07, 6.45) is 0. The van der Waals surface area contributed by atoms with Crippen molar-refractivity contribution in [2.45, 2.75) is 6.61 Å². The van der Waals surface area contributed by atoms with E-state index in [0.717, 1.165) is 22.4 Å². The van der Waals surface area contributed by atoms with Crippen LogP contribution in [0.5, 0.6) is 17.2 Å². The van der Waals surface area contributed by atoms with Crippen LogP contribution in [0.3, 0.4) is 0 Å². The molecule has 0 spiro atoms. The second kappa shape index (κ2) is 8.88. The summed E-state index contributed by atoms with van der Waals surface area (Å²) < 4.78 is 22.1. The summed E-state index contributed by atoms with van der Waals surface area (Å²) in [5, 5.41) is 4.72. The van der Waals surface area contributed by atoms with Gasteiger partial charge in [0.2, 0.25) is 5.82 Å². The Labute approximate surface area is 179 Å². The fourth-order valence-electron chi connectivity index (χ4n) is 2.90. The molecule has 0 bridgehead atoms. The van der Waals surface area contributed by atoms with E-state index < -0.39 is 0 Å². The van der Waals surface area contributed by atoms with Gasteiger partial charge in [0.05, 0.1) is 14.2 Å². The first-order valence-corrected chi connectivity index (χ1v) is 9.58. The fourth-order valence-corrected chi connectivity index (χ4v) is 3.03. The third-order valence-corrected chi connectivity index (χ3v) is 4.72. The minimum absolute atomic E-state index is 0.385. The van der Waals surface area contributed by atoms with Crippen molar-refractivity contribution in [3.05, 3.63) is 77.3 Å². The molecule has 0 amide bonds. The van der Waals surface area contributed by atoms with E-state index in [-0.39, 0.29) is 0 Å². The quantitative estimate of drug-likeness (QED) is 0.383. The van der Waals surface area contributed by atoms with Crippen LogP contribution in [0.4, 0.5) is 0 Å². The number of aromatic nitrogens is 2. The average Bonchev–Trinajstić information content (AvgIpc) is 3.28. The van der Waals surface area contributed by atoms with Gasteiger partial charge in [0, 0.05) is 16.1 Å². The zero-order valence-electron chi connectivity index (χ0n) is 16.5. The molecule has 152 valence electrons. The van der Waals surface area contributed by atoms with E-state index in [2.05, 4.69) is 10.1 Å². The molecule has 0 unspecified atom stereocenters. The molecular formula is C23H19ClN2O4. The molecule has 0 aliphatic rings. The molecule has 4 rings (SSSR count). The van der Waals surface area contributed by atoms with Crippen molar-refractivity contribution in [3.8, 4) is 40.1 Å². The zero-order chi connectivity index (χ0) is 20.9. The van der Waals surface area contributed by atoms with Gasteiger partial charge in [-0.2, -0.15) is 4.98 Å². The Morgan fingerprint density at radius 3 is 2.43 bits per heavy atom. The van der Waals surface area contributed by atoms with E-state index in [0.29, 0.717) is 34.8 Å². The molecule has 0 N–H and O–H groups in total. The van der Waals surface area contributed by atoms with Crippen molar-refractivity contribution in [2.24, 2.45) is 0 Å². The Morgan fingerprint density at radius 1 is 0.867 bits per heavy atom. The number of nitrogens with zero attached hydrogens (tertiary/aromatic N) is 2. The summed E-state index contributed by atoms with van der Waals surface area (Å²) in [6.45, 7) is 0.385. The molecule has 1 aromatic heterocycles. The molecular weight excluding hydrogens is 404 g/mol. The van der Waals surface area contributed by atoms with Crippen LogP contribution >= 0.6 is 11.6 Å². The van der Waals surface area contributed by atoms with Gasteiger partial charge in [-0.05, 0) is 60.2 Å². The Bertz CT molecular complexity index is 1140. The van der Waals surface area contributed by atoms with E-state index in [9.17, 15) is 0 Å². The Hall–Kier alpha value is -3.51. The minimum Gasteiger partial charge on any atom is -0.497 e. The lowest BCUT2D eigenvalue weighted by atomic mass is 10.2. The molecule has 0 saturated carbocycles. The number of hydrogen-bond acceptors (Lipinski definition) is 6. The summed E-state index contributed by atoms with van der Waals surface area (Å²) in [6, 6.07) is 20.4. The second-order valence-electron chi connectivity index (χ2n) is 6.44. The highest BCUT2D eigenvalue weighted by Gasteiger charge is 2.14. The van der Waals surface area contributed by atoms with Crippen LogP contribution in [0.1, 0.15) is 5.56 Å². The lowest BCUT2D eigenvalue weighted by Crippen LogP contribution is -1.98. The first-order chi connectivity index (χ1) is 14.7. The third-order valence-electron chi connectivity index (χ3n) is 4.47. The van der Waals surface area contributed by atoms with Crippen LogP contribution in [0.2, 0.25) is 5.02 Å². The number of ether oxygens (including phenoxy) is 3. The first-order valence-electron chi connectivity index (χ1n) is 9.20. The molecule has 0 radical (unpaired) electrons. The Balaban J connectivity index is 1.53. The third kappa shape index (κ3) is 4.39. The van der Waals surface area contributed by atoms with Gasteiger partial charge in [0.25, 0.3) is 5.89 Å². The van der Waals surface area contributed by atoms with Gasteiger partial charge in [0.1, 0.15) is 12.4 Å². The molecule has 0 fully saturated rings. The summed E-state index contributed by atoms with van der Waals surface area (Å²) in [5.74, 6) is 2.85. The lowest BCUT2D eigenvalue weighted by molar-refractivity contribution is 0.284. The van der Waals surface area contributed by atoms with E-state index in [1.54, 1.807) is 26.4 Å². The van der Waals surface area contributed by atoms with Crippen LogP contribution in [0.25, 0.3) is 22.8 Å². The maximum atomic E-state index is 5.93. The van der Waals surface area contributed by atoms with Gasteiger partial charge < -0.3 is 18.7 Å². The molecule has 6 nitrogen and oxygen atoms in total. The van der Waals surface area contributed by atoms with E-state index >= 15 is 0 Å². The highest BCUT2D eigenvalue weighted by atomic mass is 35.5. The van der Waals surface area contributed by atoms with Crippen molar-refractivity contribution < 1.29 is 18.7 Å². The lowest BCUT2D eigenvalue weighted by Gasteiger charge is -2.12. The minimum atomic E-state index is 0.385. The van der Waals surface area contributed by atoms with Gasteiger partial charge in [-0.15, -0.1) is 0 Å². The predicted octanol–water partition coefficient (Wildman–Crippen LogP) is 5.65. The fraction of sp³-hybridized carbons (Fsp3) is 0.130. The van der Waals surface area contributed by atoms with E-state index in [1.807, 2.05) is 54.6 Å².